The average molecular weight is 335 g/mol. The number of carbonyl (C=O) groups is 2. The number of thiophene rings is 1. The smallest absolute Gasteiger partial charge is 0.335 e. The van der Waals surface area contributed by atoms with Gasteiger partial charge in [0, 0.05) is 16.2 Å². The third kappa shape index (κ3) is 4.63. The highest BCUT2D eigenvalue weighted by atomic mass is 32.1. The first-order valence-corrected chi connectivity index (χ1v) is 8.07. The molecule has 4 nitrogen and oxygen atoms in total. The molecule has 0 unspecified atom stereocenters. The van der Waals surface area contributed by atoms with Crippen LogP contribution in [0.5, 0.6) is 0 Å². The fraction of sp³-hybridized carbons (Fsp3) is 0.294. The number of anilines is 1. The molecule has 0 bridgehead atoms. The highest BCUT2D eigenvalue weighted by Gasteiger charge is 2.11. The van der Waals surface area contributed by atoms with Gasteiger partial charge < -0.3 is 10.4 Å². The maximum absolute atomic E-state index is 13.7. The quantitative estimate of drug-likeness (QED) is 0.833. The third-order valence-corrected chi connectivity index (χ3v) is 4.49. The van der Waals surface area contributed by atoms with Crippen LogP contribution in [0.2, 0.25) is 0 Å². The second-order valence-corrected chi connectivity index (χ2v) is 6.80. The van der Waals surface area contributed by atoms with E-state index in [1.54, 1.807) is 11.3 Å². The molecular weight excluding hydrogens is 317 g/mol. The van der Waals surface area contributed by atoms with Crippen molar-refractivity contribution in [1.29, 1.82) is 0 Å². The van der Waals surface area contributed by atoms with E-state index in [0.29, 0.717) is 6.42 Å². The number of halogens is 1. The van der Waals surface area contributed by atoms with Crippen molar-refractivity contribution in [3.05, 3.63) is 51.0 Å². The maximum atomic E-state index is 13.7. The molecule has 0 radical (unpaired) electrons. The van der Waals surface area contributed by atoms with Gasteiger partial charge in [-0.15, -0.1) is 11.3 Å². The van der Waals surface area contributed by atoms with E-state index in [2.05, 4.69) is 25.2 Å². The van der Waals surface area contributed by atoms with Crippen LogP contribution < -0.4 is 5.32 Å². The van der Waals surface area contributed by atoms with Gasteiger partial charge in [0.2, 0.25) is 5.91 Å². The Labute approximate surface area is 138 Å². The molecule has 0 aliphatic rings. The first kappa shape index (κ1) is 17.1. The Balaban J connectivity index is 1.87. The minimum Gasteiger partial charge on any atom is -0.478 e. The van der Waals surface area contributed by atoms with E-state index >= 15 is 0 Å². The van der Waals surface area contributed by atoms with Gasteiger partial charge in [-0.1, -0.05) is 0 Å². The van der Waals surface area contributed by atoms with Gasteiger partial charge in [0.25, 0.3) is 0 Å². The van der Waals surface area contributed by atoms with Crippen molar-refractivity contribution >= 4 is 28.9 Å². The number of carboxylic acids is 1. The fourth-order valence-electron chi connectivity index (χ4n) is 2.33. The minimum atomic E-state index is -1.21. The molecule has 0 saturated carbocycles. The van der Waals surface area contributed by atoms with Crippen LogP contribution in [0.1, 0.15) is 38.5 Å². The van der Waals surface area contributed by atoms with Crippen molar-refractivity contribution in [2.24, 2.45) is 0 Å². The normalized spacial score (nSPS) is 10.6. The second-order valence-electron chi connectivity index (χ2n) is 5.34. The molecule has 122 valence electrons. The summed E-state index contributed by atoms with van der Waals surface area (Å²) >= 11 is 1.74. The predicted molar refractivity (Wildman–Crippen MR) is 88.7 cm³/mol. The van der Waals surface area contributed by atoms with E-state index in [1.807, 2.05) is 0 Å². The Bertz CT molecular complexity index is 739. The molecule has 23 heavy (non-hydrogen) atoms. The molecule has 2 aromatic rings. The van der Waals surface area contributed by atoms with Crippen molar-refractivity contribution in [1.82, 2.24) is 0 Å². The van der Waals surface area contributed by atoms with Gasteiger partial charge >= 0.3 is 5.97 Å². The highest BCUT2D eigenvalue weighted by molar-refractivity contribution is 7.12. The lowest BCUT2D eigenvalue weighted by Crippen LogP contribution is -2.13. The van der Waals surface area contributed by atoms with Crippen LogP contribution in [0.3, 0.4) is 0 Å². The van der Waals surface area contributed by atoms with Crippen molar-refractivity contribution in [3.63, 3.8) is 0 Å². The number of benzene rings is 1. The number of rotatable bonds is 6. The second kappa shape index (κ2) is 7.37. The third-order valence-electron chi connectivity index (χ3n) is 3.48. The van der Waals surface area contributed by atoms with Crippen LogP contribution in [0.4, 0.5) is 10.1 Å². The molecule has 1 amide bonds. The van der Waals surface area contributed by atoms with Crippen LogP contribution >= 0.6 is 11.3 Å². The zero-order valence-electron chi connectivity index (χ0n) is 13.0. The van der Waals surface area contributed by atoms with Gasteiger partial charge in [-0.2, -0.15) is 0 Å². The molecule has 0 spiro atoms. The number of amides is 1. The predicted octanol–water partition coefficient (Wildman–Crippen LogP) is 4.16. The first-order chi connectivity index (χ1) is 10.9. The van der Waals surface area contributed by atoms with E-state index in [4.69, 9.17) is 5.11 Å². The lowest BCUT2D eigenvalue weighted by atomic mass is 10.1. The molecule has 0 aliphatic carbocycles. The zero-order valence-corrected chi connectivity index (χ0v) is 13.8. The van der Waals surface area contributed by atoms with Gasteiger partial charge in [-0.25, -0.2) is 9.18 Å². The molecule has 0 saturated heterocycles. The van der Waals surface area contributed by atoms with E-state index in [9.17, 15) is 14.0 Å². The van der Waals surface area contributed by atoms with Crippen LogP contribution in [-0.4, -0.2) is 17.0 Å². The number of hydrogen-bond acceptors (Lipinski definition) is 3. The summed E-state index contributed by atoms with van der Waals surface area (Å²) in [6.07, 6.45) is 1.77. The highest BCUT2D eigenvalue weighted by Crippen LogP contribution is 2.22. The van der Waals surface area contributed by atoms with E-state index < -0.39 is 11.8 Å². The summed E-state index contributed by atoms with van der Waals surface area (Å²) in [7, 11) is 0. The zero-order chi connectivity index (χ0) is 17.0. The number of aromatic carboxylic acids is 1. The molecule has 1 heterocycles. The van der Waals surface area contributed by atoms with Crippen molar-refractivity contribution in [2.45, 2.75) is 33.1 Å². The summed E-state index contributed by atoms with van der Waals surface area (Å²) < 4.78 is 13.7. The molecule has 2 rings (SSSR count). The summed E-state index contributed by atoms with van der Waals surface area (Å²) in [5, 5.41) is 11.3. The van der Waals surface area contributed by atoms with E-state index in [-0.39, 0.29) is 23.6 Å². The Morgan fingerprint density at radius 2 is 2.00 bits per heavy atom. The summed E-state index contributed by atoms with van der Waals surface area (Å²) in [5.41, 5.74) is 1.10. The summed E-state index contributed by atoms with van der Waals surface area (Å²) in [6, 6.07) is 5.55. The average Bonchev–Trinajstić information content (AvgIpc) is 2.79. The number of hydrogen-bond donors (Lipinski definition) is 2. The molecule has 6 heteroatoms. The largest absolute Gasteiger partial charge is 0.478 e. The first-order valence-electron chi connectivity index (χ1n) is 7.25. The SMILES string of the molecule is Cc1cc(CCCC(=O)Nc2ccc(C(=O)O)cc2F)c(C)s1. The van der Waals surface area contributed by atoms with Crippen LogP contribution in [-0.2, 0) is 11.2 Å². The topological polar surface area (TPSA) is 66.4 Å². The molecule has 2 N–H and O–H groups in total. The number of carbonyl (C=O) groups excluding carboxylic acids is 1. The Morgan fingerprint density at radius 3 is 2.57 bits per heavy atom. The molecular formula is C17H18FNO3S. The molecule has 0 fully saturated rings. The number of nitrogens with one attached hydrogen (secondary N) is 1. The lowest BCUT2D eigenvalue weighted by Gasteiger charge is -2.07. The van der Waals surface area contributed by atoms with Crippen molar-refractivity contribution in [2.75, 3.05) is 5.32 Å². The number of carboxylic acid groups (broad SMARTS) is 1. The molecule has 0 aliphatic heterocycles. The molecule has 1 aromatic carbocycles. The van der Waals surface area contributed by atoms with Gasteiger partial charge in [0.15, 0.2) is 0 Å². The van der Waals surface area contributed by atoms with Gasteiger partial charge in [0.1, 0.15) is 5.82 Å². The Morgan fingerprint density at radius 1 is 1.26 bits per heavy atom. The molecule has 1 aromatic heterocycles. The van der Waals surface area contributed by atoms with Crippen LogP contribution in [0.25, 0.3) is 0 Å². The summed E-state index contributed by atoms with van der Waals surface area (Å²) in [5.74, 6) is -2.23. The lowest BCUT2D eigenvalue weighted by molar-refractivity contribution is -0.116. The van der Waals surface area contributed by atoms with Crippen molar-refractivity contribution in [3.8, 4) is 0 Å². The fourth-order valence-corrected chi connectivity index (χ4v) is 3.31. The summed E-state index contributed by atoms with van der Waals surface area (Å²) in [4.78, 5) is 25.1. The summed E-state index contributed by atoms with van der Waals surface area (Å²) in [6.45, 7) is 4.11. The minimum absolute atomic E-state index is 0.00237. The van der Waals surface area contributed by atoms with Gasteiger partial charge in [0.05, 0.1) is 11.3 Å². The van der Waals surface area contributed by atoms with Crippen LogP contribution in [0.15, 0.2) is 24.3 Å². The molecule has 0 atom stereocenters. The van der Waals surface area contributed by atoms with Gasteiger partial charge in [-0.05, 0) is 56.5 Å². The standard InChI is InChI=1S/C17H18FNO3S/c1-10-8-12(11(2)23-10)4-3-5-16(20)19-15-7-6-13(17(21)22)9-14(15)18/h6-9H,3-5H2,1-2H3,(H,19,20)(H,21,22). The monoisotopic (exact) mass is 335 g/mol. The Hall–Kier alpha value is -2.21. The number of aryl methyl sites for hydroxylation is 3. The maximum Gasteiger partial charge on any atom is 0.335 e. The van der Waals surface area contributed by atoms with Crippen LogP contribution in [0, 0.1) is 19.7 Å². The van der Waals surface area contributed by atoms with Gasteiger partial charge in [-0.3, -0.25) is 4.79 Å². The van der Waals surface area contributed by atoms with E-state index in [1.165, 1.54) is 27.5 Å². The Kier molecular flexibility index (Phi) is 5.50. The van der Waals surface area contributed by atoms with Crippen molar-refractivity contribution < 1.29 is 19.1 Å². The van der Waals surface area contributed by atoms with E-state index in [0.717, 1.165) is 12.5 Å².